The molecule has 2 N–H and O–H groups in total. The van der Waals surface area contributed by atoms with E-state index in [-0.39, 0.29) is 5.39 Å². The Bertz CT molecular complexity index is 820. The number of aromatic amines is 1. The van der Waals surface area contributed by atoms with Crippen molar-refractivity contribution in [3.05, 3.63) is 44.6 Å². The zero-order valence-electron chi connectivity index (χ0n) is 10.4. The molecular weight excluding hydrogens is 293 g/mol. The monoisotopic (exact) mass is 302 g/mol. The van der Waals surface area contributed by atoms with Crippen LogP contribution in [-0.4, -0.2) is 20.6 Å². The van der Waals surface area contributed by atoms with E-state index in [2.05, 4.69) is 0 Å². The second-order valence-corrected chi connectivity index (χ2v) is 4.26. The van der Waals surface area contributed by atoms with Crippen LogP contribution in [0.15, 0.2) is 27.8 Å². The number of fused-ring (bicyclic) bond motifs is 1. The average molecular weight is 302 g/mol. The Kier molecular flexibility index (Phi) is 3.58. The van der Waals surface area contributed by atoms with Gasteiger partial charge in [-0.3, -0.25) is 14.2 Å². The minimum Gasteiger partial charge on any atom is -0.481 e. The van der Waals surface area contributed by atoms with Gasteiger partial charge in [-0.2, -0.15) is 13.2 Å². The summed E-state index contributed by atoms with van der Waals surface area (Å²) in [4.78, 5) is 36.2. The lowest BCUT2D eigenvalue weighted by atomic mass is 10.1. The average Bonchev–Trinajstić information content (AvgIpc) is 2.36. The first-order valence-corrected chi connectivity index (χ1v) is 5.76. The molecule has 0 bridgehead atoms. The van der Waals surface area contributed by atoms with Gasteiger partial charge in [0.15, 0.2) is 0 Å². The van der Waals surface area contributed by atoms with Crippen LogP contribution in [-0.2, 0) is 17.5 Å². The third-order valence-corrected chi connectivity index (χ3v) is 2.87. The Morgan fingerprint density at radius 2 is 1.95 bits per heavy atom. The highest BCUT2D eigenvalue weighted by Crippen LogP contribution is 2.32. The standard InChI is InChI=1S/C12H9F3N2O4/c13-12(14,15)7-3-1-2-6-9(7)16-11(21)17(10(6)20)5-4-8(18)19/h1-3H,4-5H2,(H,16,21)(H,18,19). The molecule has 0 spiro atoms. The molecule has 6 nitrogen and oxygen atoms in total. The lowest BCUT2D eigenvalue weighted by Gasteiger charge is -2.11. The highest BCUT2D eigenvalue weighted by molar-refractivity contribution is 5.81. The molecule has 0 radical (unpaired) electrons. The van der Waals surface area contributed by atoms with E-state index in [0.29, 0.717) is 4.57 Å². The SMILES string of the molecule is O=C(O)CCn1c(=O)[nH]c2c(C(F)(F)F)cccc2c1=O. The molecule has 0 atom stereocenters. The molecule has 0 aliphatic rings. The Labute approximate surface area is 114 Å². The van der Waals surface area contributed by atoms with Gasteiger partial charge in [0.05, 0.1) is 22.9 Å². The number of hydrogen-bond donors (Lipinski definition) is 2. The number of hydrogen-bond acceptors (Lipinski definition) is 3. The number of aliphatic carboxylic acids is 1. The molecule has 2 rings (SSSR count). The molecule has 0 amide bonds. The Morgan fingerprint density at radius 1 is 1.29 bits per heavy atom. The smallest absolute Gasteiger partial charge is 0.418 e. The van der Waals surface area contributed by atoms with Crippen molar-refractivity contribution in [1.82, 2.24) is 9.55 Å². The first-order valence-electron chi connectivity index (χ1n) is 5.76. The highest BCUT2D eigenvalue weighted by atomic mass is 19.4. The number of H-pyrrole nitrogens is 1. The molecule has 0 aliphatic heterocycles. The Balaban J connectivity index is 2.72. The molecule has 0 saturated heterocycles. The van der Waals surface area contributed by atoms with E-state index in [1.165, 1.54) is 0 Å². The van der Waals surface area contributed by atoms with Gasteiger partial charge < -0.3 is 10.1 Å². The number of aromatic nitrogens is 2. The number of carboxylic acid groups (broad SMARTS) is 1. The second-order valence-electron chi connectivity index (χ2n) is 4.26. The van der Waals surface area contributed by atoms with Crippen molar-refractivity contribution in [2.75, 3.05) is 0 Å². The Hall–Kier alpha value is -2.58. The lowest BCUT2D eigenvalue weighted by molar-refractivity contribution is -0.137. The maximum absolute atomic E-state index is 12.8. The molecular formula is C12H9F3N2O4. The predicted octanol–water partition coefficient (Wildman–Crippen LogP) is 1.18. The van der Waals surface area contributed by atoms with Crippen LogP contribution in [0, 0.1) is 0 Å². The largest absolute Gasteiger partial charge is 0.481 e. The summed E-state index contributed by atoms with van der Waals surface area (Å²) in [6.07, 6.45) is -5.21. The van der Waals surface area contributed by atoms with Gasteiger partial charge in [-0.1, -0.05) is 6.07 Å². The number of carboxylic acids is 1. The van der Waals surface area contributed by atoms with Crippen LogP contribution in [0.25, 0.3) is 10.9 Å². The van der Waals surface area contributed by atoms with Gasteiger partial charge in [0.2, 0.25) is 0 Å². The third kappa shape index (κ3) is 2.81. The van der Waals surface area contributed by atoms with E-state index < -0.39 is 47.4 Å². The minimum absolute atomic E-state index is 0.324. The van der Waals surface area contributed by atoms with E-state index in [4.69, 9.17) is 5.11 Å². The summed E-state index contributed by atoms with van der Waals surface area (Å²) in [6.45, 7) is -0.421. The fourth-order valence-electron chi connectivity index (χ4n) is 1.92. The summed E-state index contributed by atoms with van der Waals surface area (Å²) >= 11 is 0. The van der Waals surface area contributed by atoms with Gasteiger partial charge in [-0.05, 0) is 12.1 Å². The van der Waals surface area contributed by atoms with Gasteiger partial charge in [0.1, 0.15) is 0 Å². The summed E-state index contributed by atoms with van der Waals surface area (Å²) in [5.74, 6) is -1.23. The molecule has 0 aliphatic carbocycles. The van der Waals surface area contributed by atoms with Gasteiger partial charge in [0.25, 0.3) is 5.56 Å². The number of alkyl halides is 3. The third-order valence-electron chi connectivity index (χ3n) is 2.87. The van der Waals surface area contributed by atoms with Crippen LogP contribution in [0.2, 0.25) is 0 Å². The molecule has 0 unspecified atom stereocenters. The van der Waals surface area contributed by atoms with Crippen molar-refractivity contribution in [2.24, 2.45) is 0 Å². The van der Waals surface area contributed by atoms with E-state index in [1.54, 1.807) is 0 Å². The second kappa shape index (κ2) is 5.08. The topological polar surface area (TPSA) is 92.2 Å². The van der Waals surface area contributed by atoms with Crippen LogP contribution in [0.5, 0.6) is 0 Å². The Morgan fingerprint density at radius 3 is 2.52 bits per heavy atom. The summed E-state index contributed by atoms with van der Waals surface area (Å²) in [6, 6.07) is 2.94. The molecule has 0 saturated carbocycles. The number of nitrogens with one attached hydrogen (secondary N) is 1. The van der Waals surface area contributed by atoms with E-state index in [9.17, 15) is 27.6 Å². The first-order chi connectivity index (χ1) is 9.71. The fourth-order valence-corrected chi connectivity index (χ4v) is 1.92. The number of para-hydroxylation sites is 1. The maximum Gasteiger partial charge on any atom is 0.418 e. The molecule has 2 aromatic rings. The molecule has 21 heavy (non-hydrogen) atoms. The zero-order chi connectivity index (χ0) is 15.8. The molecule has 9 heteroatoms. The molecule has 1 aromatic carbocycles. The quantitative estimate of drug-likeness (QED) is 0.890. The fraction of sp³-hybridized carbons (Fsp3) is 0.250. The predicted molar refractivity (Wildman–Crippen MR) is 66.1 cm³/mol. The van der Waals surface area contributed by atoms with Gasteiger partial charge in [-0.15, -0.1) is 0 Å². The van der Waals surface area contributed by atoms with Crippen molar-refractivity contribution >= 4 is 16.9 Å². The number of rotatable bonds is 3. The van der Waals surface area contributed by atoms with Crippen LogP contribution in [0.4, 0.5) is 13.2 Å². The summed E-state index contributed by atoms with van der Waals surface area (Å²) in [5.41, 5.74) is -3.77. The van der Waals surface area contributed by atoms with Gasteiger partial charge >= 0.3 is 17.8 Å². The molecule has 1 heterocycles. The molecule has 112 valence electrons. The van der Waals surface area contributed by atoms with Crippen LogP contribution < -0.4 is 11.2 Å². The molecule has 0 fully saturated rings. The number of nitrogens with zero attached hydrogens (tertiary/aromatic N) is 1. The maximum atomic E-state index is 12.8. The minimum atomic E-state index is -4.72. The van der Waals surface area contributed by atoms with Gasteiger partial charge in [0, 0.05) is 6.54 Å². The highest BCUT2D eigenvalue weighted by Gasteiger charge is 2.33. The summed E-state index contributed by atoms with van der Waals surface area (Å²) in [7, 11) is 0. The first kappa shape index (κ1) is 14.8. The molecule has 1 aromatic heterocycles. The summed E-state index contributed by atoms with van der Waals surface area (Å²) in [5, 5.41) is 8.22. The normalized spacial score (nSPS) is 11.8. The zero-order valence-corrected chi connectivity index (χ0v) is 10.4. The van der Waals surface area contributed by atoms with Crippen molar-refractivity contribution in [2.45, 2.75) is 19.1 Å². The number of carbonyl (C=O) groups is 1. The van der Waals surface area contributed by atoms with Crippen molar-refractivity contribution in [1.29, 1.82) is 0 Å². The summed E-state index contributed by atoms with van der Waals surface area (Å²) < 4.78 is 39.0. The van der Waals surface area contributed by atoms with E-state index in [1.807, 2.05) is 4.98 Å². The van der Waals surface area contributed by atoms with Crippen LogP contribution in [0.3, 0.4) is 0 Å². The van der Waals surface area contributed by atoms with E-state index in [0.717, 1.165) is 18.2 Å². The lowest BCUT2D eigenvalue weighted by Crippen LogP contribution is -2.36. The van der Waals surface area contributed by atoms with E-state index >= 15 is 0 Å². The van der Waals surface area contributed by atoms with Crippen LogP contribution >= 0.6 is 0 Å². The van der Waals surface area contributed by atoms with Crippen molar-refractivity contribution < 1.29 is 23.1 Å². The number of halogens is 3. The number of benzene rings is 1. The van der Waals surface area contributed by atoms with Crippen molar-refractivity contribution in [3.8, 4) is 0 Å². The van der Waals surface area contributed by atoms with Crippen LogP contribution in [0.1, 0.15) is 12.0 Å². The van der Waals surface area contributed by atoms with Gasteiger partial charge in [-0.25, -0.2) is 4.79 Å². The van der Waals surface area contributed by atoms with Crippen molar-refractivity contribution in [3.63, 3.8) is 0 Å².